The van der Waals surface area contributed by atoms with Gasteiger partial charge < -0.3 is 10.2 Å². The van der Waals surface area contributed by atoms with Gasteiger partial charge in [0.2, 0.25) is 5.91 Å². The number of anilines is 1. The largest absolute Gasteiger partial charge is 0.320 e. The van der Waals surface area contributed by atoms with Crippen LogP contribution in [0, 0.1) is 5.92 Å². The number of piperidine rings is 1. The molecule has 2 aliphatic rings. The van der Waals surface area contributed by atoms with Crippen molar-refractivity contribution in [2.75, 3.05) is 50.4 Å². The number of thioether (sulfide) groups is 1. The average molecular weight is 334 g/mol. The first-order chi connectivity index (χ1) is 11.3. The third-order valence-corrected chi connectivity index (χ3v) is 5.94. The van der Waals surface area contributed by atoms with Gasteiger partial charge in [-0.2, -0.15) is 0 Å². The maximum Gasteiger partial charge on any atom is 0.241 e. The van der Waals surface area contributed by atoms with E-state index in [2.05, 4.69) is 28.4 Å². The lowest BCUT2D eigenvalue weighted by Gasteiger charge is -2.34. The lowest BCUT2D eigenvalue weighted by atomic mass is 9.93. The summed E-state index contributed by atoms with van der Waals surface area (Å²) < 4.78 is 0. The molecule has 0 atom stereocenters. The number of rotatable bonds is 5. The molecular formula is C18H27N3OS. The van der Waals surface area contributed by atoms with Gasteiger partial charge in [-0.3, -0.25) is 9.69 Å². The van der Waals surface area contributed by atoms with Crippen LogP contribution >= 0.6 is 11.8 Å². The van der Waals surface area contributed by atoms with Gasteiger partial charge in [0.1, 0.15) is 0 Å². The standard InChI is InChI=1S/C18H27N3OS/c1-19-9-6-15-7-10-20(11-8-15)14-18(22)21-12-13-23-17-5-3-2-4-16(17)21/h2-5,15,19H,6-14H2,1H3. The van der Waals surface area contributed by atoms with E-state index < -0.39 is 0 Å². The van der Waals surface area contributed by atoms with E-state index in [1.807, 2.05) is 29.8 Å². The third kappa shape index (κ3) is 4.28. The first-order valence-electron chi connectivity index (χ1n) is 8.67. The Morgan fingerprint density at radius 1 is 1.26 bits per heavy atom. The molecule has 0 unspecified atom stereocenters. The minimum Gasteiger partial charge on any atom is -0.320 e. The number of hydrogen-bond acceptors (Lipinski definition) is 4. The molecule has 0 bridgehead atoms. The molecule has 0 aliphatic carbocycles. The Balaban J connectivity index is 1.53. The van der Waals surface area contributed by atoms with Gasteiger partial charge in [-0.25, -0.2) is 0 Å². The number of fused-ring (bicyclic) bond motifs is 1. The summed E-state index contributed by atoms with van der Waals surface area (Å²) in [6, 6.07) is 8.27. The lowest BCUT2D eigenvalue weighted by molar-refractivity contribution is -0.120. The van der Waals surface area contributed by atoms with Crippen LogP contribution in [-0.4, -0.2) is 56.3 Å². The van der Waals surface area contributed by atoms with Crippen molar-refractivity contribution in [2.24, 2.45) is 5.92 Å². The van der Waals surface area contributed by atoms with Crippen molar-refractivity contribution in [1.29, 1.82) is 0 Å². The normalized spacial score (nSPS) is 19.6. The highest BCUT2D eigenvalue weighted by molar-refractivity contribution is 7.99. The van der Waals surface area contributed by atoms with Crippen molar-refractivity contribution < 1.29 is 4.79 Å². The van der Waals surface area contributed by atoms with Gasteiger partial charge in [-0.15, -0.1) is 11.8 Å². The second-order valence-electron chi connectivity index (χ2n) is 6.47. The summed E-state index contributed by atoms with van der Waals surface area (Å²) in [7, 11) is 2.02. The number of para-hydroxylation sites is 1. The zero-order valence-electron chi connectivity index (χ0n) is 14.0. The van der Waals surface area contributed by atoms with Gasteiger partial charge in [0.05, 0.1) is 12.2 Å². The van der Waals surface area contributed by atoms with Crippen molar-refractivity contribution in [3.8, 4) is 0 Å². The lowest BCUT2D eigenvalue weighted by Crippen LogP contribution is -2.45. The molecule has 2 aliphatic heterocycles. The Labute approximate surface area is 143 Å². The number of amides is 1. The highest BCUT2D eigenvalue weighted by Crippen LogP contribution is 2.34. The summed E-state index contributed by atoms with van der Waals surface area (Å²) in [6.07, 6.45) is 3.71. The van der Waals surface area contributed by atoms with Gasteiger partial charge >= 0.3 is 0 Å². The number of likely N-dealkylation sites (tertiary alicyclic amines) is 1. The molecule has 1 amide bonds. The molecule has 5 heteroatoms. The molecule has 1 saturated heterocycles. The number of carbonyl (C=O) groups excluding carboxylic acids is 1. The van der Waals surface area contributed by atoms with E-state index in [1.165, 1.54) is 24.2 Å². The van der Waals surface area contributed by atoms with Crippen LogP contribution in [0.3, 0.4) is 0 Å². The monoisotopic (exact) mass is 333 g/mol. The van der Waals surface area contributed by atoms with Crippen LogP contribution in [0.1, 0.15) is 19.3 Å². The number of carbonyl (C=O) groups is 1. The van der Waals surface area contributed by atoms with Crippen LogP contribution in [0.5, 0.6) is 0 Å². The van der Waals surface area contributed by atoms with Crippen LogP contribution in [0.15, 0.2) is 29.2 Å². The van der Waals surface area contributed by atoms with E-state index in [9.17, 15) is 4.79 Å². The molecular weight excluding hydrogens is 306 g/mol. The van der Waals surface area contributed by atoms with E-state index in [0.29, 0.717) is 6.54 Å². The van der Waals surface area contributed by atoms with Gasteiger partial charge in [0, 0.05) is 17.2 Å². The van der Waals surface area contributed by atoms with Gasteiger partial charge in [-0.05, 0) is 64.0 Å². The third-order valence-electron chi connectivity index (χ3n) is 4.90. The van der Waals surface area contributed by atoms with Crippen LogP contribution in [0.4, 0.5) is 5.69 Å². The number of nitrogens with one attached hydrogen (secondary N) is 1. The maximum absolute atomic E-state index is 12.7. The van der Waals surface area contributed by atoms with E-state index in [4.69, 9.17) is 0 Å². The topological polar surface area (TPSA) is 35.6 Å². The molecule has 0 spiro atoms. The Morgan fingerprint density at radius 2 is 2.04 bits per heavy atom. The zero-order valence-corrected chi connectivity index (χ0v) is 14.8. The minimum atomic E-state index is 0.256. The van der Waals surface area contributed by atoms with E-state index >= 15 is 0 Å². The van der Waals surface area contributed by atoms with Crippen LogP contribution < -0.4 is 10.2 Å². The Hall–Kier alpha value is -1.04. The van der Waals surface area contributed by atoms with Crippen molar-refractivity contribution in [3.63, 3.8) is 0 Å². The quantitative estimate of drug-likeness (QED) is 0.898. The number of nitrogens with zero attached hydrogens (tertiary/aromatic N) is 2. The maximum atomic E-state index is 12.7. The Bertz CT molecular complexity index is 529. The first-order valence-corrected chi connectivity index (χ1v) is 9.65. The molecule has 3 rings (SSSR count). The van der Waals surface area contributed by atoms with Crippen molar-refractivity contribution >= 4 is 23.4 Å². The van der Waals surface area contributed by atoms with Crippen molar-refractivity contribution in [1.82, 2.24) is 10.2 Å². The molecule has 0 aromatic heterocycles. The smallest absolute Gasteiger partial charge is 0.241 e. The van der Waals surface area contributed by atoms with Crippen LogP contribution in [0.25, 0.3) is 0 Å². The summed E-state index contributed by atoms with van der Waals surface area (Å²) >= 11 is 1.85. The van der Waals surface area contributed by atoms with Crippen molar-refractivity contribution in [3.05, 3.63) is 24.3 Å². The Morgan fingerprint density at radius 3 is 2.83 bits per heavy atom. The molecule has 2 heterocycles. The summed E-state index contributed by atoms with van der Waals surface area (Å²) in [5, 5.41) is 3.23. The molecule has 4 nitrogen and oxygen atoms in total. The predicted molar refractivity (Wildman–Crippen MR) is 97.2 cm³/mol. The fourth-order valence-corrected chi connectivity index (χ4v) is 4.48. The molecule has 1 aromatic rings. The summed E-state index contributed by atoms with van der Waals surface area (Å²) in [4.78, 5) is 18.3. The van der Waals surface area contributed by atoms with E-state index in [-0.39, 0.29) is 5.91 Å². The van der Waals surface area contributed by atoms with Crippen LogP contribution in [-0.2, 0) is 4.79 Å². The molecule has 126 valence electrons. The van der Waals surface area contributed by atoms with Crippen LogP contribution in [0.2, 0.25) is 0 Å². The molecule has 23 heavy (non-hydrogen) atoms. The highest BCUT2D eigenvalue weighted by Gasteiger charge is 2.26. The minimum absolute atomic E-state index is 0.256. The second-order valence-corrected chi connectivity index (χ2v) is 7.61. The molecule has 1 fully saturated rings. The number of benzene rings is 1. The first kappa shape index (κ1) is 16.8. The second kappa shape index (κ2) is 8.18. The summed E-state index contributed by atoms with van der Waals surface area (Å²) in [5.74, 6) is 2.07. The summed E-state index contributed by atoms with van der Waals surface area (Å²) in [5.41, 5.74) is 1.10. The predicted octanol–water partition coefficient (Wildman–Crippen LogP) is 2.45. The molecule has 1 aromatic carbocycles. The van der Waals surface area contributed by atoms with E-state index in [0.717, 1.165) is 43.5 Å². The number of hydrogen-bond donors (Lipinski definition) is 1. The molecule has 1 N–H and O–H groups in total. The zero-order chi connectivity index (χ0) is 16.1. The van der Waals surface area contributed by atoms with Gasteiger partial charge in [0.25, 0.3) is 0 Å². The summed E-state index contributed by atoms with van der Waals surface area (Å²) in [6.45, 7) is 4.62. The average Bonchev–Trinajstić information content (AvgIpc) is 2.60. The molecule has 0 radical (unpaired) electrons. The van der Waals surface area contributed by atoms with Crippen molar-refractivity contribution in [2.45, 2.75) is 24.2 Å². The fraction of sp³-hybridized carbons (Fsp3) is 0.611. The molecule has 0 saturated carbocycles. The fourth-order valence-electron chi connectivity index (χ4n) is 3.49. The SMILES string of the molecule is CNCCC1CCN(CC(=O)N2CCSc3ccccc32)CC1. The highest BCUT2D eigenvalue weighted by atomic mass is 32.2. The Kier molecular flexibility index (Phi) is 5.97. The van der Waals surface area contributed by atoms with Gasteiger partial charge in [0.15, 0.2) is 0 Å². The van der Waals surface area contributed by atoms with E-state index in [1.54, 1.807) is 0 Å². The van der Waals surface area contributed by atoms with Gasteiger partial charge in [-0.1, -0.05) is 12.1 Å².